The van der Waals surface area contributed by atoms with Crippen LogP contribution in [0.15, 0.2) is 103 Å². The number of Topliss-reactive ketones (excluding diaryl/α,β-unsaturated/α-hetero) is 1. The van der Waals surface area contributed by atoms with Gasteiger partial charge in [-0.2, -0.15) is 0 Å². The minimum absolute atomic E-state index is 0.117. The van der Waals surface area contributed by atoms with E-state index in [0.717, 1.165) is 22.3 Å². The lowest BCUT2D eigenvalue weighted by Gasteiger charge is -2.29. The van der Waals surface area contributed by atoms with Gasteiger partial charge in [-0.3, -0.25) is 4.79 Å². The van der Waals surface area contributed by atoms with Crippen LogP contribution in [0.5, 0.6) is 5.75 Å². The molecular formula is C27H24O2. The van der Waals surface area contributed by atoms with Gasteiger partial charge in [-0.1, -0.05) is 91.0 Å². The fraction of sp³-hybridized carbons (Fsp3) is 0.148. The summed E-state index contributed by atoms with van der Waals surface area (Å²) in [6.07, 6.45) is 0.595. The van der Waals surface area contributed by atoms with E-state index in [1.165, 1.54) is 5.39 Å². The molecule has 1 unspecified atom stereocenters. The lowest BCUT2D eigenvalue weighted by atomic mass is 9.74. The van der Waals surface area contributed by atoms with E-state index in [1.807, 2.05) is 91.9 Å². The molecule has 4 rings (SSSR count). The molecule has 0 amide bonds. The van der Waals surface area contributed by atoms with Crippen molar-refractivity contribution in [2.45, 2.75) is 18.8 Å². The molecule has 0 N–H and O–H groups in total. The quantitative estimate of drug-likeness (QED) is 0.344. The molecule has 0 bridgehead atoms. The van der Waals surface area contributed by atoms with Crippen LogP contribution in [0.4, 0.5) is 0 Å². The van der Waals surface area contributed by atoms with E-state index < -0.39 is 5.41 Å². The number of carbonyl (C=O) groups excluding carboxylic acids is 1. The first-order valence-corrected chi connectivity index (χ1v) is 9.94. The molecule has 144 valence electrons. The summed E-state index contributed by atoms with van der Waals surface area (Å²) in [6.45, 7) is 2.48. The van der Waals surface area contributed by atoms with Crippen LogP contribution in [0.25, 0.3) is 10.8 Å². The zero-order valence-corrected chi connectivity index (χ0v) is 16.5. The number of hydrogen-bond donors (Lipinski definition) is 0. The van der Waals surface area contributed by atoms with Crippen LogP contribution in [0.2, 0.25) is 0 Å². The molecule has 0 aromatic heterocycles. The first-order valence-electron chi connectivity index (χ1n) is 9.94. The van der Waals surface area contributed by atoms with Crippen LogP contribution in [-0.2, 0) is 5.41 Å². The monoisotopic (exact) mass is 380 g/mol. The average Bonchev–Trinajstić information content (AvgIpc) is 2.79. The molecule has 0 saturated heterocycles. The van der Waals surface area contributed by atoms with E-state index in [1.54, 1.807) is 0 Å². The highest BCUT2D eigenvalue weighted by atomic mass is 16.5. The maximum Gasteiger partial charge on any atom is 0.173 e. The van der Waals surface area contributed by atoms with Gasteiger partial charge < -0.3 is 4.74 Å². The fourth-order valence-electron chi connectivity index (χ4n) is 3.73. The fourth-order valence-corrected chi connectivity index (χ4v) is 3.73. The van der Waals surface area contributed by atoms with Gasteiger partial charge in [-0.05, 0) is 41.8 Å². The second kappa shape index (κ2) is 8.32. The SMILES string of the molecule is CC(CCOc1ccc2ccccc2c1)(C(=O)c1ccccc1)c1ccccc1. The molecule has 4 aromatic rings. The van der Waals surface area contributed by atoms with Gasteiger partial charge in [0.15, 0.2) is 5.78 Å². The third-order valence-electron chi connectivity index (χ3n) is 5.54. The summed E-state index contributed by atoms with van der Waals surface area (Å²) >= 11 is 0. The van der Waals surface area contributed by atoms with Crippen LogP contribution in [-0.4, -0.2) is 12.4 Å². The highest BCUT2D eigenvalue weighted by molar-refractivity contribution is 6.03. The molecule has 0 spiro atoms. The normalized spacial score (nSPS) is 13.0. The van der Waals surface area contributed by atoms with Crippen molar-refractivity contribution in [1.29, 1.82) is 0 Å². The highest BCUT2D eigenvalue weighted by Crippen LogP contribution is 2.32. The number of hydrogen-bond acceptors (Lipinski definition) is 2. The molecule has 1 atom stereocenters. The van der Waals surface area contributed by atoms with Crippen molar-refractivity contribution in [3.63, 3.8) is 0 Å². The molecule has 0 radical (unpaired) electrons. The van der Waals surface area contributed by atoms with E-state index >= 15 is 0 Å². The van der Waals surface area contributed by atoms with E-state index in [9.17, 15) is 4.79 Å². The largest absolute Gasteiger partial charge is 0.494 e. The standard InChI is InChI=1S/C27H24O2/c1-27(24-14-6-3-7-15-24,26(28)22-11-4-2-5-12-22)18-19-29-25-17-16-21-10-8-9-13-23(21)20-25/h2-17,20H,18-19H2,1H3. The van der Waals surface area contributed by atoms with Gasteiger partial charge in [0.05, 0.1) is 12.0 Å². The summed E-state index contributed by atoms with van der Waals surface area (Å²) in [5, 5.41) is 2.34. The van der Waals surface area contributed by atoms with Gasteiger partial charge in [0.25, 0.3) is 0 Å². The Morgan fingerprint density at radius 1 is 0.759 bits per heavy atom. The third-order valence-corrected chi connectivity index (χ3v) is 5.54. The predicted molar refractivity (Wildman–Crippen MR) is 119 cm³/mol. The maximum absolute atomic E-state index is 13.4. The molecule has 0 aliphatic carbocycles. The minimum Gasteiger partial charge on any atom is -0.494 e. The zero-order chi connectivity index (χ0) is 20.1. The molecule has 29 heavy (non-hydrogen) atoms. The zero-order valence-electron chi connectivity index (χ0n) is 16.5. The van der Waals surface area contributed by atoms with E-state index in [4.69, 9.17) is 4.74 Å². The van der Waals surface area contributed by atoms with Crippen LogP contribution in [0, 0.1) is 0 Å². The van der Waals surface area contributed by atoms with Gasteiger partial charge in [0.1, 0.15) is 5.75 Å². The van der Waals surface area contributed by atoms with Crippen LogP contribution in [0.1, 0.15) is 29.3 Å². The Morgan fingerprint density at radius 3 is 2.10 bits per heavy atom. The highest BCUT2D eigenvalue weighted by Gasteiger charge is 2.35. The Bertz CT molecular complexity index is 1100. The molecule has 0 heterocycles. The minimum atomic E-state index is -0.653. The third kappa shape index (κ3) is 4.07. The Labute approximate surface area is 171 Å². The summed E-state index contributed by atoms with van der Waals surface area (Å²) in [5.41, 5.74) is 1.08. The van der Waals surface area contributed by atoms with Crippen LogP contribution in [0.3, 0.4) is 0 Å². The lowest BCUT2D eigenvalue weighted by molar-refractivity contribution is 0.0871. The molecule has 0 aliphatic heterocycles. The van der Waals surface area contributed by atoms with E-state index in [2.05, 4.69) is 18.2 Å². The van der Waals surface area contributed by atoms with Gasteiger partial charge in [0, 0.05) is 5.56 Å². The summed E-state index contributed by atoms with van der Waals surface area (Å²) in [7, 11) is 0. The smallest absolute Gasteiger partial charge is 0.173 e. The lowest BCUT2D eigenvalue weighted by Crippen LogP contribution is -2.34. The van der Waals surface area contributed by atoms with E-state index in [-0.39, 0.29) is 5.78 Å². The van der Waals surface area contributed by atoms with Crippen molar-refractivity contribution < 1.29 is 9.53 Å². The Balaban J connectivity index is 1.56. The van der Waals surface area contributed by atoms with Gasteiger partial charge >= 0.3 is 0 Å². The summed E-state index contributed by atoms with van der Waals surface area (Å²) in [5.74, 6) is 0.942. The molecule has 0 saturated carbocycles. The second-order valence-corrected chi connectivity index (χ2v) is 7.50. The Hall–Kier alpha value is -3.39. The van der Waals surface area contributed by atoms with Crippen LogP contribution < -0.4 is 4.74 Å². The molecule has 2 nitrogen and oxygen atoms in total. The molecule has 0 aliphatic rings. The Kier molecular flexibility index (Phi) is 5.44. The number of benzene rings is 4. The van der Waals surface area contributed by atoms with Gasteiger partial charge in [-0.15, -0.1) is 0 Å². The second-order valence-electron chi connectivity index (χ2n) is 7.50. The number of rotatable bonds is 7. The van der Waals surface area contributed by atoms with Crippen molar-refractivity contribution in [3.8, 4) is 5.75 Å². The topological polar surface area (TPSA) is 26.3 Å². The van der Waals surface area contributed by atoms with Crippen molar-refractivity contribution in [3.05, 3.63) is 114 Å². The summed E-state index contributed by atoms with van der Waals surface area (Å²) in [6, 6.07) is 33.8. The first kappa shape index (κ1) is 18.9. The summed E-state index contributed by atoms with van der Waals surface area (Å²) in [4.78, 5) is 13.4. The first-order chi connectivity index (χ1) is 14.2. The predicted octanol–water partition coefficient (Wildman–Crippen LogP) is 6.45. The summed E-state index contributed by atoms with van der Waals surface area (Å²) < 4.78 is 6.07. The van der Waals surface area contributed by atoms with Crippen molar-refractivity contribution in [2.24, 2.45) is 0 Å². The van der Waals surface area contributed by atoms with Crippen molar-refractivity contribution in [2.75, 3.05) is 6.61 Å². The average molecular weight is 380 g/mol. The van der Waals surface area contributed by atoms with Gasteiger partial charge in [-0.25, -0.2) is 0 Å². The Morgan fingerprint density at radius 2 is 1.38 bits per heavy atom. The van der Waals surface area contributed by atoms with Gasteiger partial charge in [0.2, 0.25) is 0 Å². The number of ketones is 1. The van der Waals surface area contributed by atoms with E-state index in [0.29, 0.717) is 13.0 Å². The molecule has 0 fully saturated rings. The van der Waals surface area contributed by atoms with Crippen LogP contribution >= 0.6 is 0 Å². The number of fused-ring (bicyclic) bond motifs is 1. The number of carbonyl (C=O) groups is 1. The van der Waals surface area contributed by atoms with Crippen molar-refractivity contribution in [1.82, 2.24) is 0 Å². The molecule has 2 heteroatoms. The molecule has 4 aromatic carbocycles. The molecular weight excluding hydrogens is 356 g/mol. The van der Waals surface area contributed by atoms with Crippen molar-refractivity contribution >= 4 is 16.6 Å². The number of ether oxygens (including phenoxy) is 1. The maximum atomic E-state index is 13.4.